The van der Waals surface area contributed by atoms with E-state index in [9.17, 15) is 9.59 Å². The van der Waals surface area contributed by atoms with E-state index in [1.54, 1.807) is 24.5 Å². The van der Waals surface area contributed by atoms with Crippen molar-refractivity contribution in [1.29, 1.82) is 0 Å². The minimum Gasteiger partial charge on any atom is -0.345 e. The van der Waals surface area contributed by atoms with E-state index in [0.29, 0.717) is 12.2 Å². The molecule has 2 heterocycles. The molecule has 6 heteroatoms. The van der Waals surface area contributed by atoms with Crippen LogP contribution in [-0.4, -0.2) is 28.3 Å². The van der Waals surface area contributed by atoms with Gasteiger partial charge < -0.3 is 15.2 Å². The largest absolute Gasteiger partial charge is 0.345 e. The standard InChI is InChI=1S/C17H14N4O2/c22-16(20-12-5-6-13-14(9-12)19-10-18-13)17(23)21-8-7-11-3-1-2-4-15(11)21/h1-6,9-10H,7-8H2,(H,18,19)(H,20,22). The van der Waals surface area contributed by atoms with E-state index in [-0.39, 0.29) is 0 Å². The van der Waals surface area contributed by atoms with Crippen LogP contribution < -0.4 is 10.2 Å². The molecule has 0 fully saturated rings. The summed E-state index contributed by atoms with van der Waals surface area (Å²) in [6.45, 7) is 0.533. The Bertz CT molecular complexity index is 916. The van der Waals surface area contributed by atoms with Crippen molar-refractivity contribution in [2.45, 2.75) is 6.42 Å². The van der Waals surface area contributed by atoms with Crippen molar-refractivity contribution < 1.29 is 9.59 Å². The zero-order valence-corrected chi connectivity index (χ0v) is 12.2. The second-order valence-corrected chi connectivity index (χ2v) is 5.42. The van der Waals surface area contributed by atoms with Crippen molar-refractivity contribution in [3.8, 4) is 0 Å². The molecule has 0 atom stereocenters. The molecule has 0 aliphatic carbocycles. The number of nitrogens with one attached hydrogen (secondary N) is 2. The lowest BCUT2D eigenvalue weighted by atomic mass is 10.2. The molecule has 2 amide bonds. The predicted octanol–water partition coefficient (Wildman–Crippen LogP) is 2.09. The summed E-state index contributed by atoms with van der Waals surface area (Å²) in [6, 6.07) is 12.9. The van der Waals surface area contributed by atoms with Crippen LogP contribution in [0.3, 0.4) is 0 Å². The number of nitrogens with zero attached hydrogens (tertiary/aromatic N) is 2. The van der Waals surface area contributed by atoms with Gasteiger partial charge in [-0.3, -0.25) is 9.59 Å². The van der Waals surface area contributed by atoms with E-state index in [1.807, 2.05) is 24.3 Å². The molecule has 0 bridgehead atoms. The van der Waals surface area contributed by atoms with Crippen molar-refractivity contribution in [2.75, 3.05) is 16.8 Å². The van der Waals surface area contributed by atoms with Gasteiger partial charge in [-0.15, -0.1) is 0 Å². The van der Waals surface area contributed by atoms with Crippen LogP contribution >= 0.6 is 0 Å². The second-order valence-electron chi connectivity index (χ2n) is 5.42. The fraction of sp³-hybridized carbons (Fsp3) is 0.118. The molecular formula is C17H14N4O2. The summed E-state index contributed by atoms with van der Waals surface area (Å²) in [4.78, 5) is 33.3. The van der Waals surface area contributed by atoms with Gasteiger partial charge in [0.05, 0.1) is 17.4 Å². The van der Waals surface area contributed by atoms with Gasteiger partial charge in [-0.1, -0.05) is 18.2 Å². The number of carbonyl (C=O) groups is 2. The number of para-hydroxylation sites is 1. The van der Waals surface area contributed by atoms with Crippen LogP contribution in [-0.2, 0) is 16.0 Å². The molecule has 0 radical (unpaired) electrons. The fourth-order valence-electron chi connectivity index (χ4n) is 2.87. The van der Waals surface area contributed by atoms with E-state index in [2.05, 4.69) is 15.3 Å². The van der Waals surface area contributed by atoms with Crippen LogP contribution in [0.1, 0.15) is 5.56 Å². The summed E-state index contributed by atoms with van der Waals surface area (Å²) in [7, 11) is 0. The van der Waals surface area contributed by atoms with Gasteiger partial charge in [0.15, 0.2) is 0 Å². The summed E-state index contributed by atoms with van der Waals surface area (Å²) in [5, 5.41) is 2.65. The first-order chi connectivity index (χ1) is 11.2. The van der Waals surface area contributed by atoms with Crippen LogP contribution in [0.15, 0.2) is 48.8 Å². The summed E-state index contributed by atoms with van der Waals surface area (Å²) < 4.78 is 0. The van der Waals surface area contributed by atoms with E-state index in [4.69, 9.17) is 0 Å². The highest BCUT2D eigenvalue weighted by Crippen LogP contribution is 2.27. The molecule has 0 saturated heterocycles. The topological polar surface area (TPSA) is 78.1 Å². The third-order valence-electron chi connectivity index (χ3n) is 4.00. The number of benzene rings is 2. The number of amides is 2. The smallest absolute Gasteiger partial charge is 0.316 e. The van der Waals surface area contributed by atoms with Gasteiger partial charge in [0.25, 0.3) is 0 Å². The molecule has 3 aromatic rings. The maximum Gasteiger partial charge on any atom is 0.316 e. The molecule has 114 valence electrons. The van der Waals surface area contributed by atoms with Gasteiger partial charge in [-0.2, -0.15) is 0 Å². The number of aromatic amines is 1. The number of carbonyl (C=O) groups excluding carboxylic acids is 2. The van der Waals surface area contributed by atoms with Crippen LogP contribution in [0.5, 0.6) is 0 Å². The molecule has 0 saturated carbocycles. The molecule has 23 heavy (non-hydrogen) atoms. The summed E-state index contributed by atoms with van der Waals surface area (Å²) in [6.07, 6.45) is 2.36. The third kappa shape index (κ3) is 2.34. The number of hydrogen-bond acceptors (Lipinski definition) is 3. The van der Waals surface area contributed by atoms with Crippen molar-refractivity contribution in [1.82, 2.24) is 9.97 Å². The highest BCUT2D eigenvalue weighted by atomic mass is 16.2. The molecular weight excluding hydrogens is 292 g/mol. The first-order valence-corrected chi connectivity index (χ1v) is 7.36. The normalized spacial score (nSPS) is 13.1. The van der Waals surface area contributed by atoms with Gasteiger partial charge in [-0.05, 0) is 36.2 Å². The molecule has 2 aromatic carbocycles. The molecule has 1 aromatic heterocycles. The number of fused-ring (bicyclic) bond motifs is 2. The van der Waals surface area contributed by atoms with Crippen LogP contribution in [0.4, 0.5) is 11.4 Å². The molecule has 6 nitrogen and oxygen atoms in total. The Balaban J connectivity index is 1.54. The number of anilines is 2. The number of aromatic nitrogens is 2. The average Bonchev–Trinajstić information content (AvgIpc) is 3.20. The fourth-order valence-corrected chi connectivity index (χ4v) is 2.87. The lowest BCUT2D eigenvalue weighted by Crippen LogP contribution is -2.38. The highest BCUT2D eigenvalue weighted by molar-refractivity contribution is 6.44. The Hall–Kier alpha value is -3.15. The molecule has 0 spiro atoms. The Labute approximate surface area is 132 Å². The maximum absolute atomic E-state index is 12.4. The van der Waals surface area contributed by atoms with Crippen LogP contribution in [0.25, 0.3) is 11.0 Å². The third-order valence-corrected chi connectivity index (χ3v) is 4.00. The average molecular weight is 306 g/mol. The lowest BCUT2D eigenvalue weighted by molar-refractivity contribution is -0.134. The van der Waals surface area contributed by atoms with Crippen molar-refractivity contribution in [3.63, 3.8) is 0 Å². The molecule has 4 rings (SSSR count). The van der Waals surface area contributed by atoms with Crippen molar-refractivity contribution in [3.05, 3.63) is 54.4 Å². The number of hydrogen-bond donors (Lipinski definition) is 2. The van der Waals surface area contributed by atoms with E-state index >= 15 is 0 Å². The summed E-state index contributed by atoms with van der Waals surface area (Å²) in [5.41, 5.74) is 4.08. The first kappa shape index (κ1) is 13.5. The molecule has 2 N–H and O–H groups in total. The number of imidazole rings is 1. The minimum atomic E-state index is -0.638. The summed E-state index contributed by atoms with van der Waals surface area (Å²) in [5.74, 6) is -1.18. The minimum absolute atomic E-state index is 0.533. The Morgan fingerprint density at radius 1 is 1.17 bits per heavy atom. The molecule has 1 aliphatic rings. The Morgan fingerprint density at radius 2 is 2.04 bits per heavy atom. The maximum atomic E-state index is 12.4. The van der Waals surface area contributed by atoms with Gasteiger partial charge in [0.2, 0.25) is 0 Å². The SMILES string of the molecule is O=C(Nc1ccc2nc[nH]c2c1)C(=O)N1CCc2ccccc21. The van der Waals surface area contributed by atoms with Crippen LogP contribution in [0, 0.1) is 0 Å². The quantitative estimate of drug-likeness (QED) is 0.676. The monoisotopic (exact) mass is 306 g/mol. The van der Waals surface area contributed by atoms with Gasteiger partial charge in [-0.25, -0.2) is 4.98 Å². The van der Waals surface area contributed by atoms with Gasteiger partial charge in [0.1, 0.15) is 0 Å². The van der Waals surface area contributed by atoms with E-state index in [1.165, 1.54) is 4.90 Å². The zero-order valence-electron chi connectivity index (χ0n) is 12.2. The van der Waals surface area contributed by atoms with Gasteiger partial charge >= 0.3 is 11.8 Å². The van der Waals surface area contributed by atoms with E-state index < -0.39 is 11.8 Å². The highest BCUT2D eigenvalue weighted by Gasteiger charge is 2.28. The number of H-pyrrole nitrogens is 1. The molecule has 0 unspecified atom stereocenters. The first-order valence-electron chi connectivity index (χ1n) is 7.36. The molecule has 1 aliphatic heterocycles. The van der Waals surface area contributed by atoms with E-state index in [0.717, 1.165) is 28.7 Å². The van der Waals surface area contributed by atoms with Crippen LogP contribution in [0.2, 0.25) is 0 Å². The number of rotatable bonds is 1. The predicted molar refractivity (Wildman–Crippen MR) is 87.2 cm³/mol. The Morgan fingerprint density at radius 3 is 2.96 bits per heavy atom. The van der Waals surface area contributed by atoms with Crippen molar-refractivity contribution in [2.24, 2.45) is 0 Å². The Kier molecular flexibility index (Phi) is 3.08. The lowest BCUT2D eigenvalue weighted by Gasteiger charge is -2.16. The second kappa shape index (κ2) is 5.24. The zero-order chi connectivity index (χ0) is 15.8. The summed E-state index contributed by atoms with van der Waals surface area (Å²) >= 11 is 0. The van der Waals surface area contributed by atoms with Crippen molar-refractivity contribution >= 4 is 34.2 Å². The van der Waals surface area contributed by atoms with Gasteiger partial charge in [0, 0.05) is 17.9 Å².